The molecule has 0 saturated carbocycles. The van der Waals surface area contributed by atoms with E-state index >= 15 is 0 Å². The van der Waals surface area contributed by atoms with Crippen molar-refractivity contribution >= 4 is 23.2 Å². The SMILES string of the molecule is O=C(CCc1cncnc1)N1CC2CN(C(=O)c3cscn3)CC2C1. The monoisotopic (exact) mass is 357 g/mol. The van der Waals surface area contributed by atoms with Crippen LogP contribution in [-0.4, -0.2) is 62.7 Å². The second kappa shape index (κ2) is 6.87. The first-order chi connectivity index (χ1) is 12.2. The van der Waals surface area contributed by atoms with Gasteiger partial charge in [-0.2, -0.15) is 0 Å². The van der Waals surface area contributed by atoms with Gasteiger partial charge in [0.15, 0.2) is 0 Å². The molecular weight excluding hydrogens is 338 g/mol. The summed E-state index contributed by atoms with van der Waals surface area (Å²) in [5, 5.41) is 1.79. The topological polar surface area (TPSA) is 79.3 Å². The van der Waals surface area contributed by atoms with Crippen molar-refractivity contribution in [2.45, 2.75) is 12.8 Å². The van der Waals surface area contributed by atoms with Gasteiger partial charge in [-0.1, -0.05) is 0 Å². The zero-order valence-electron chi connectivity index (χ0n) is 13.7. The number of rotatable bonds is 4. The summed E-state index contributed by atoms with van der Waals surface area (Å²) in [4.78, 5) is 40.7. The Morgan fingerprint density at radius 3 is 2.40 bits per heavy atom. The van der Waals surface area contributed by atoms with Gasteiger partial charge in [0.25, 0.3) is 5.91 Å². The summed E-state index contributed by atoms with van der Waals surface area (Å²) >= 11 is 1.44. The molecule has 130 valence electrons. The quantitative estimate of drug-likeness (QED) is 0.819. The molecule has 2 aromatic heterocycles. The minimum absolute atomic E-state index is 0.0117. The first-order valence-electron chi connectivity index (χ1n) is 8.40. The standard InChI is InChI=1S/C17H19N5O2S/c23-16(2-1-12-3-18-10-19-4-12)21-5-13-7-22(8-14(13)6-21)17(24)15-9-25-11-20-15/h3-4,9-11,13-14H,1-2,5-8H2. The van der Waals surface area contributed by atoms with Gasteiger partial charge in [0, 0.05) is 62.2 Å². The van der Waals surface area contributed by atoms with Crippen LogP contribution >= 0.6 is 11.3 Å². The normalized spacial score (nSPS) is 22.2. The molecular formula is C17H19N5O2S. The van der Waals surface area contributed by atoms with Crippen molar-refractivity contribution in [2.75, 3.05) is 26.2 Å². The van der Waals surface area contributed by atoms with Crippen LogP contribution in [0.15, 0.2) is 29.6 Å². The van der Waals surface area contributed by atoms with Crippen LogP contribution in [0.2, 0.25) is 0 Å². The Morgan fingerprint density at radius 2 is 1.76 bits per heavy atom. The number of carbonyl (C=O) groups is 2. The lowest BCUT2D eigenvalue weighted by Crippen LogP contribution is -2.35. The summed E-state index contributed by atoms with van der Waals surface area (Å²) in [6, 6.07) is 0. The fraction of sp³-hybridized carbons (Fsp3) is 0.471. The minimum Gasteiger partial charge on any atom is -0.342 e. The molecule has 2 aliphatic heterocycles. The fourth-order valence-electron chi connectivity index (χ4n) is 3.71. The van der Waals surface area contributed by atoms with Gasteiger partial charge in [0.05, 0.1) is 5.51 Å². The lowest BCUT2D eigenvalue weighted by atomic mass is 10.0. The number of nitrogens with zero attached hydrogens (tertiary/aromatic N) is 5. The molecule has 2 amide bonds. The fourth-order valence-corrected chi connectivity index (χ4v) is 4.24. The third-order valence-corrected chi connectivity index (χ3v) is 5.61. The molecule has 2 fully saturated rings. The molecule has 0 bridgehead atoms. The molecule has 2 aliphatic rings. The van der Waals surface area contributed by atoms with Crippen LogP contribution in [0.1, 0.15) is 22.5 Å². The van der Waals surface area contributed by atoms with Gasteiger partial charge in [0.2, 0.25) is 5.91 Å². The maximum atomic E-state index is 12.4. The molecule has 4 rings (SSSR count). The van der Waals surface area contributed by atoms with E-state index in [9.17, 15) is 9.59 Å². The van der Waals surface area contributed by atoms with Gasteiger partial charge < -0.3 is 9.80 Å². The van der Waals surface area contributed by atoms with Gasteiger partial charge in [0.1, 0.15) is 12.0 Å². The van der Waals surface area contributed by atoms with Crippen LogP contribution in [-0.2, 0) is 11.2 Å². The van der Waals surface area contributed by atoms with Crippen molar-refractivity contribution in [1.82, 2.24) is 24.8 Å². The Hall–Kier alpha value is -2.35. The van der Waals surface area contributed by atoms with E-state index < -0.39 is 0 Å². The smallest absolute Gasteiger partial charge is 0.273 e. The highest BCUT2D eigenvalue weighted by Crippen LogP contribution is 2.32. The predicted octanol–water partition coefficient (Wildman–Crippen LogP) is 1.10. The van der Waals surface area contributed by atoms with Crippen LogP contribution in [0.5, 0.6) is 0 Å². The Balaban J connectivity index is 1.29. The molecule has 2 unspecified atom stereocenters. The number of hydrogen-bond donors (Lipinski definition) is 0. The summed E-state index contributed by atoms with van der Waals surface area (Å²) in [6.45, 7) is 2.93. The number of amides is 2. The number of thiazole rings is 1. The van der Waals surface area contributed by atoms with Crippen molar-refractivity contribution < 1.29 is 9.59 Å². The number of aryl methyl sites for hydroxylation is 1. The highest BCUT2D eigenvalue weighted by Gasteiger charge is 2.43. The van der Waals surface area contributed by atoms with Crippen LogP contribution in [0, 0.1) is 11.8 Å². The third-order valence-electron chi connectivity index (χ3n) is 5.02. The van der Waals surface area contributed by atoms with Crippen molar-refractivity contribution in [1.29, 1.82) is 0 Å². The highest BCUT2D eigenvalue weighted by atomic mass is 32.1. The molecule has 25 heavy (non-hydrogen) atoms. The van der Waals surface area contributed by atoms with E-state index in [1.165, 1.54) is 17.7 Å². The summed E-state index contributed by atoms with van der Waals surface area (Å²) in [5.41, 5.74) is 3.20. The van der Waals surface area contributed by atoms with Gasteiger partial charge in [-0.3, -0.25) is 9.59 Å². The number of fused-ring (bicyclic) bond motifs is 1. The molecule has 2 aromatic rings. The van der Waals surface area contributed by atoms with E-state index in [2.05, 4.69) is 15.0 Å². The molecule has 2 saturated heterocycles. The second-order valence-corrected chi connectivity index (χ2v) is 7.37. The molecule has 0 radical (unpaired) electrons. The number of likely N-dealkylation sites (tertiary alicyclic amines) is 2. The van der Waals surface area contributed by atoms with Crippen LogP contribution in [0.3, 0.4) is 0 Å². The average molecular weight is 357 g/mol. The molecule has 0 spiro atoms. The molecule has 0 N–H and O–H groups in total. The average Bonchev–Trinajstić information content (AvgIpc) is 3.35. The van der Waals surface area contributed by atoms with E-state index in [1.807, 2.05) is 9.80 Å². The summed E-state index contributed by atoms with van der Waals surface area (Å²) in [7, 11) is 0. The predicted molar refractivity (Wildman–Crippen MR) is 91.9 cm³/mol. The van der Waals surface area contributed by atoms with E-state index in [4.69, 9.17) is 0 Å². The number of carbonyl (C=O) groups excluding carboxylic acids is 2. The molecule has 4 heterocycles. The largest absolute Gasteiger partial charge is 0.342 e. The van der Waals surface area contributed by atoms with Crippen molar-refractivity contribution in [2.24, 2.45) is 11.8 Å². The van der Waals surface area contributed by atoms with Gasteiger partial charge in [-0.25, -0.2) is 15.0 Å². The van der Waals surface area contributed by atoms with Crippen molar-refractivity contribution in [3.8, 4) is 0 Å². The number of aromatic nitrogens is 3. The third kappa shape index (κ3) is 3.39. The zero-order valence-corrected chi connectivity index (χ0v) is 14.6. The summed E-state index contributed by atoms with van der Waals surface area (Å²) in [5.74, 6) is 0.950. The lowest BCUT2D eigenvalue weighted by Gasteiger charge is -2.21. The highest BCUT2D eigenvalue weighted by molar-refractivity contribution is 7.07. The molecule has 8 heteroatoms. The van der Waals surface area contributed by atoms with Crippen molar-refractivity contribution in [3.05, 3.63) is 40.9 Å². The van der Waals surface area contributed by atoms with E-state index in [-0.39, 0.29) is 11.8 Å². The minimum atomic E-state index is 0.0117. The Kier molecular flexibility index (Phi) is 4.44. The van der Waals surface area contributed by atoms with Gasteiger partial charge >= 0.3 is 0 Å². The van der Waals surface area contributed by atoms with Crippen LogP contribution in [0.4, 0.5) is 0 Å². The first-order valence-corrected chi connectivity index (χ1v) is 9.34. The van der Waals surface area contributed by atoms with E-state index in [0.717, 1.165) is 31.7 Å². The molecule has 0 aliphatic carbocycles. The summed E-state index contributed by atoms with van der Waals surface area (Å²) < 4.78 is 0. The maximum absolute atomic E-state index is 12.4. The first kappa shape index (κ1) is 16.1. The van der Waals surface area contributed by atoms with Gasteiger partial charge in [-0.05, 0) is 12.0 Å². The zero-order chi connectivity index (χ0) is 17.2. The lowest BCUT2D eigenvalue weighted by molar-refractivity contribution is -0.130. The second-order valence-electron chi connectivity index (χ2n) is 6.65. The molecule has 0 aromatic carbocycles. The van der Waals surface area contributed by atoms with Gasteiger partial charge in [-0.15, -0.1) is 11.3 Å². The summed E-state index contributed by atoms with van der Waals surface area (Å²) in [6.07, 6.45) is 6.14. The van der Waals surface area contributed by atoms with E-state index in [0.29, 0.717) is 30.4 Å². The van der Waals surface area contributed by atoms with Crippen LogP contribution in [0.25, 0.3) is 0 Å². The Morgan fingerprint density at radius 1 is 1.08 bits per heavy atom. The molecule has 2 atom stereocenters. The van der Waals surface area contributed by atoms with Crippen LogP contribution < -0.4 is 0 Å². The number of hydrogen-bond acceptors (Lipinski definition) is 6. The Labute approximate surface area is 149 Å². The van der Waals surface area contributed by atoms with E-state index in [1.54, 1.807) is 23.3 Å². The van der Waals surface area contributed by atoms with Crippen molar-refractivity contribution in [3.63, 3.8) is 0 Å². The Bertz CT molecular complexity index is 738. The molecule has 7 nitrogen and oxygen atoms in total. The maximum Gasteiger partial charge on any atom is 0.273 e.